The molecule has 3 aromatic rings. The summed E-state index contributed by atoms with van der Waals surface area (Å²) in [7, 11) is 1.56. The van der Waals surface area contributed by atoms with Crippen LogP contribution >= 0.6 is 11.6 Å². The first-order valence-corrected chi connectivity index (χ1v) is 8.87. The van der Waals surface area contributed by atoms with E-state index >= 15 is 0 Å². The van der Waals surface area contributed by atoms with Crippen molar-refractivity contribution < 1.29 is 13.9 Å². The molecule has 1 heterocycles. The minimum Gasteiger partial charge on any atom is -0.493 e. The number of rotatable bonds is 8. The van der Waals surface area contributed by atoms with Gasteiger partial charge in [0.1, 0.15) is 12.4 Å². The number of nitrogens with zero attached hydrogens (tertiary/aromatic N) is 1. The first-order chi connectivity index (χ1) is 13.2. The number of pyridine rings is 1. The van der Waals surface area contributed by atoms with Crippen LogP contribution in [0, 0.1) is 5.82 Å². The number of methoxy groups -OCH3 is 1. The van der Waals surface area contributed by atoms with E-state index in [2.05, 4.69) is 10.3 Å². The SMILES string of the molecule is COc1cc(CNCc2cccnc2)c(Cl)cc1OCc1ccccc1F. The maximum Gasteiger partial charge on any atom is 0.163 e. The molecule has 140 valence electrons. The van der Waals surface area contributed by atoms with E-state index in [0.29, 0.717) is 35.2 Å². The predicted molar refractivity (Wildman–Crippen MR) is 104 cm³/mol. The lowest BCUT2D eigenvalue weighted by Gasteiger charge is -2.14. The van der Waals surface area contributed by atoms with Crippen molar-refractivity contribution in [3.8, 4) is 11.5 Å². The summed E-state index contributed by atoms with van der Waals surface area (Å²) in [6.45, 7) is 1.34. The molecule has 1 N–H and O–H groups in total. The number of halogens is 2. The van der Waals surface area contributed by atoms with Crippen molar-refractivity contribution in [3.05, 3.63) is 88.5 Å². The van der Waals surface area contributed by atoms with Crippen LogP contribution in [0.25, 0.3) is 0 Å². The molecule has 0 amide bonds. The Morgan fingerprint density at radius 3 is 2.63 bits per heavy atom. The standard InChI is InChI=1S/C21H20ClFN2O2/c1-26-20-9-17(13-25-12-15-5-4-8-24-11-15)18(22)10-21(20)27-14-16-6-2-3-7-19(16)23/h2-11,25H,12-14H2,1H3. The zero-order chi connectivity index (χ0) is 19.1. The van der Waals surface area contributed by atoms with Crippen LogP contribution in [0.15, 0.2) is 60.9 Å². The van der Waals surface area contributed by atoms with Gasteiger partial charge in [-0.15, -0.1) is 0 Å². The number of hydrogen-bond donors (Lipinski definition) is 1. The first-order valence-electron chi connectivity index (χ1n) is 8.49. The second-order valence-electron chi connectivity index (χ2n) is 5.94. The van der Waals surface area contributed by atoms with E-state index in [1.807, 2.05) is 24.4 Å². The van der Waals surface area contributed by atoms with Crippen LogP contribution in [0.5, 0.6) is 11.5 Å². The van der Waals surface area contributed by atoms with Crippen molar-refractivity contribution >= 4 is 11.6 Å². The normalized spacial score (nSPS) is 10.6. The molecule has 2 aromatic carbocycles. The maximum atomic E-state index is 13.7. The molecule has 0 aliphatic carbocycles. The van der Waals surface area contributed by atoms with Gasteiger partial charge in [-0.05, 0) is 29.3 Å². The van der Waals surface area contributed by atoms with E-state index in [1.54, 1.807) is 37.6 Å². The summed E-state index contributed by atoms with van der Waals surface area (Å²) in [5, 5.41) is 3.88. The van der Waals surface area contributed by atoms with Gasteiger partial charge in [-0.3, -0.25) is 4.98 Å². The second kappa shape index (κ2) is 9.35. The van der Waals surface area contributed by atoms with Crippen LogP contribution in [0.1, 0.15) is 16.7 Å². The topological polar surface area (TPSA) is 43.4 Å². The molecule has 0 radical (unpaired) electrons. The lowest BCUT2D eigenvalue weighted by molar-refractivity contribution is 0.279. The summed E-state index contributed by atoms with van der Waals surface area (Å²) in [5.74, 6) is 0.717. The summed E-state index contributed by atoms with van der Waals surface area (Å²) >= 11 is 6.39. The molecule has 0 bridgehead atoms. The Kier molecular flexibility index (Phi) is 6.63. The van der Waals surface area contributed by atoms with E-state index in [1.165, 1.54) is 6.07 Å². The third-order valence-electron chi connectivity index (χ3n) is 4.04. The summed E-state index contributed by atoms with van der Waals surface area (Å²) in [4.78, 5) is 4.09. The van der Waals surface area contributed by atoms with E-state index in [9.17, 15) is 4.39 Å². The van der Waals surface area contributed by atoms with Crippen molar-refractivity contribution in [2.24, 2.45) is 0 Å². The van der Waals surface area contributed by atoms with Crippen LogP contribution in [0.4, 0.5) is 4.39 Å². The largest absolute Gasteiger partial charge is 0.493 e. The van der Waals surface area contributed by atoms with E-state index in [-0.39, 0.29) is 12.4 Å². The summed E-state index contributed by atoms with van der Waals surface area (Å²) in [5.41, 5.74) is 2.44. The van der Waals surface area contributed by atoms with Gasteiger partial charge >= 0.3 is 0 Å². The summed E-state index contributed by atoms with van der Waals surface area (Å²) in [6.07, 6.45) is 3.56. The monoisotopic (exact) mass is 386 g/mol. The Morgan fingerprint density at radius 1 is 1.04 bits per heavy atom. The molecule has 4 nitrogen and oxygen atoms in total. The molecule has 0 aliphatic heterocycles. The Morgan fingerprint density at radius 2 is 1.89 bits per heavy atom. The van der Waals surface area contributed by atoms with Crippen molar-refractivity contribution in [2.75, 3.05) is 7.11 Å². The number of benzene rings is 2. The highest BCUT2D eigenvalue weighted by Crippen LogP contribution is 2.34. The van der Waals surface area contributed by atoms with Gasteiger partial charge in [0.15, 0.2) is 11.5 Å². The molecule has 0 spiro atoms. The quantitative estimate of drug-likeness (QED) is 0.606. The Labute approximate surface area is 162 Å². The van der Waals surface area contributed by atoms with Crippen LogP contribution < -0.4 is 14.8 Å². The van der Waals surface area contributed by atoms with Crippen LogP contribution in [0.3, 0.4) is 0 Å². The van der Waals surface area contributed by atoms with Crippen LogP contribution in [0.2, 0.25) is 5.02 Å². The molecular weight excluding hydrogens is 367 g/mol. The fourth-order valence-electron chi connectivity index (χ4n) is 2.60. The highest BCUT2D eigenvalue weighted by molar-refractivity contribution is 6.31. The van der Waals surface area contributed by atoms with Gasteiger partial charge in [-0.25, -0.2) is 4.39 Å². The van der Waals surface area contributed by atoms with Crippen LogP contribution in [-0.2, 0) is 19.7 Å². The van der Waals surface area contributed by atoms with Gasteiger partial charge in [0.05, 0.1) is 7.11 Å². The van der Waals surface area contributed by atoms with Gasteiger partial charge in [-0.2, -0.15) is 0 Å². The lowest BCUT2D eigenvalue weighted by atomic mass is 10.2. The van der Waals surface area contributed by atoms with Crippen LogP contribution in [-0.4, -0.2) is 12.1 Å². The van der Waals surface area contributed by atoms with E-state index in [4.69, 9.17) is 21.1 Å². The highest BCUT2D eigenvalue weighted by Gasteiger charge is 2.12. The number of hydrogen-bond acceptors (Lipinski definition) is 4. The molecule has 0 aliphatic rings. The molecule has 0 unspecified atom stereocenters. The average molecular weight is 387 g/mol. The smallest absolute Gasteiger partial charge is 0.163 e. The van der Waals surface area contributed by atoms with E-state index < -0.39 is 0 Å². The van der Waals surface area contributed by atoms with Crippen molar-refractivity contribution in [3.63, 3.8) is 0 Å². The van der Waals surface area contributed by atoms with Crippen molar-refractivity contribution in [1.29, 1.82) is 0 Å². The second-order valence-corrected chi connectivity index (χ2v) is 6.35. The number of ether oxygens (including phenoxy) is 2. The zero-order valence-electron chi connectivity index (χ0n) is 14.9. The number of nitrogens with one attached hydrogen (secondary N) is 1. The van der Waals surface area contributed by atoms with E-state index in [0.717, 1.165) is 11.1 Å². The number of aromatic nitrogens is 1. The first kappa shape index (κ1) is 19.1. The fraction of sp³-hybridized carbons (Fsp3) is 0.190. The summed E-state index contributed by atoms with van der Waals surface area (Å²) in [6, 6.07) is 13.9. The van der Waals surface area contributed by atoms with Gasteiger partial charge in [-0.1, -0.05) is 35.9 Å². The third-order valence-corrected chi connectivity index (χ3v) is 4.39. The highest BCUT2D eigenvalue weighted by atomic mass is 35.5. The Hall–Kier alpha value is -2.63. The van der Waals surface area contributed by atoms with Gasteiger partial charge in [0.25, 0.3) is 0 Å². The zero-order valence-corrected chi connectivity index (χ0v) is 15.7. The minimum atomic E-state index is -0.307. The average Bonchev–Trinajstić information content (AvgIpc) is 2.69. The maximum absolute atomic E-state index is 13.7. The molecule has 0 saturated heterocycles. The molecule has 3 rings (SSSR count). The Balaban J connectivity index is 1.66. The Bertz CT molecular complexity index is 891. The molecule has 27 heavy (non-hydrogen) atoms. The fourth-order valence-corrected chi connectivity index (χ4v) is 2.82. The molecule has 0 fully saturated rings. The van der Waals surface area contributed by atoms with Gasteiger partial charge < -0.3 is 14.8 Å². The molecule has 1 aromatic heterocycles. The third kappa shape index (κ3) is 5.18. The minimum absolute atomic E-state index is 0.0952. The van der Waals surface area contributed by atoms with Crippen molar-refractivity contribution in [2.45, 2.75) is 19.7 Å². The molecule has 0 atom stereocenters. The van der Waals surface area contributed by atoms with Gasteiger partial charge in [0.2, 0.25) is 0 Å². The summed E-state index contributed by atoms with van der Waals surface area (Å²) < 4.78 is 24.9. The van der Waals surface area contributed by atoms with Gasteiger partial charge in [0, 0.05) is 42.1 Å². The molecule has 6 heteroatoms. The molecule has 0 saturated carbocycles. The van der Waals surface area contributed by atoms with Crippen molar-refractivity contribution in [1.82, 2.24) is 10.3 Å². The predicted octanol–water partition coefficient (Wildman–Crippen LogP) is 4.75. The lowest BCUT2D eigenvalue weighted by Crippen LogP contribution is -2.13. The molecular formula is C21H20ClFN2O2.